The molecule has 2 aromatic rings. The topological polar surface area (TPSA) is 82.0 Å². The maximum absolute atomic E-state index is 11.6. The number of rotatable bonds is 4. The minimum absolute atomic E-state index is 0.0850. The van der Waals surface area contributed by atoms with Gasteiger partial charge in [0.2, 0.25) is 0 Å². The molecular weight excluding hydrogens is 260 g/mol. The maximum atomic E-state index is 11.6. The Hall–Kier alpha value is -1.73. The lowest BCUT2D eigenvalue weighted by Gasteiger charge is -2.16. The van der Waals surface area contributed by atoms with Gasteiger partial charge in [-0.3, -0.25) is 9.36 Å². The van der Waals surface area contributed by atoms with Crippen LogP contribution in [0.5, 0.6) is 0 Å². The quantitative estimate of drug-likeness (QED) is 0.909. The number of H-pyrrole nitrogens is 1. The van der Waals surface area contributed by atoms with Crippen LogP contribution in [0.15, 0.2) is 17.4 Å². The Morgan fingerprint density at radius 1 is 1.50 bits per heavy atom. The largest absolute Gasteiger partial charge is 0.376 e. The fraction of sp³-hybridized carbons (Fsp3) is 0.615. The zero-order chi connectivity index (χ0) is 14.1. The predicted molar refractivity (Wildman–Crippen MR) is 72.4 cm³/mol. The minimum atomic E-state index is -0.230. The maximum Gasteiger partial charge on any atom is 0.278 e. The van der Waals surface area contributed by atoms with Crippen molar-refractivity contribution in [3.05, 3.63) is 23.0 Å². The molecule has 0 bridgehead atoms. The molecule has 1 unspecified atom stereocenters. The number of imidazole rings is 1. The van der Waals surface area contributed by atoms with Crippen LogP contribution in [-0.2, 0) is 9.47 Å². The number of fused-ring (bicyclic) bond motifs is 1. The zero-order valence-corrected chi connectivity index (χ0v) is 11.6. The molecule has 20 heavy (non-hydrogen) atoms. The van der Waals surface area contributed by atoms with Crippen molar-refractivity contribution in [2.24, 2.45) is 0 Å². The molecule has 3 heterocycles. The number of nitrogens with one attached hydrogen (secondary N) is 1. The first-order valence-electron chi connectivity index (χ1n) is 6.82. The normalized spacial score (nSPS) is 22.9. The molecule has 1 aliphatic rings. The lowest BCUT2D eigenvalue weighted by atomic mass is 10.2. The van der Waals surface area contributed by atoms with Gasteiger partial charge in [-0.05, 0) is 26.7 Å². The van der Waals surface area contributed by atoms with Gasteiger partial charge in [0.15, 0.2) is 11.2 Å². The highest BCUT2D eigenvalue weighted by Crippen LogP contribution is 2.30. The molecular formula is C13H18N4O3. The first-order chi connectivity index (χ1) is 9.65. The van der Waals surface area contributed by atoms with Crippen molar-refractivity contribution in [1.29, 1.82) is 0 Å². The molecule has 1 saturated heterocycles. The third-order valence-electron chi connectivity index (χ3n) is 3.38. The highest BCUT2D eigenvalue weighted by atomic mass is 16.6. The molecule has 7 nitrogen and oxygen atoms in total. The number of ether oxygens (including phenoxy) is 2. The lowest BCUT2D eigenvalue weighted by Crippen LogP contribution is -2.19. The summed E-state index contributed by atoms with van der Waals surface area (Å²) in [7, 11) is 0. The highest BCUT2D eigenvalue weighted by molar-refractivity contribution is 5.68. The van der Waals surface area contributed by atoms with Gasteiger partial charge < -0.3 is 14.5 Å². The summed E-state index contributed by atoms with van der Waals surface area (Å²) >= 11 is 0. The second kappa shape index (κ2) is 5.34. The Kier molecular flexibility index (Phi) is 3.54. The summed E-state index contributed by atoms with van der Waals surface area (Å²) in [5.74, 6) is 0. The molecule has 3 rings (SSSR count). The Morgan fingerprint density at radius 2 is 2.35 bits per heavy atom. The molecule has 1 fully saturated rings. The first kappa shape index (κ1) is 13.3. The fourth-order valence-electron chi connectivity index (χ4n) is 2.39. The monoisotopic (exact) mass is 278 g/mol. The van der Waals surface area contributed by atoms with Crippen molar-refractivity contribution in [3.63, 3.8) is 0 Å². The average molecular weight is 278 g/mol. The van der Waals surface area contributed by atoms with Crippen LogP contribution in [0.25, 0.3) is 11.2 Å². The van der Waals surface area contributed by atoms with Crippen LogP contribution >= 0.6 is 0 Å². The smallest absolute Gasteiger partial charge is 0.278 e. The Bertz CT molecular complexity index is 648. The van der Waals surface area contributed by atoms with E-state index in [2.05, 4.69) is 15.0 Å². The molecule has 1 aliphatic heterocycles. The molecule has 1 N–H and O–H groups in total. The third kappa shape index (κ3) is 2.46. The average Bonchev–Trinajstić information content (AvgIpc) is 3.02. The molecule has 0 spiro atoms. The fourth-order valence-corrected chi connectivity index (χ4v) is 2.39. The van der Waals surface area contributed by atoms with E-state index in [9.17, 15) is 4.79 Å². The molecule has 7 heteroatoms. The van der Waals surface area contributed by atoms with Gasteiger partial charge >= 0.3 is 0 Å². The van der Waals surface area contributed by atoms with Crippen molar-refractivity contribution < 1.29 is 9.47 Å². The number of nitrogens with zero attached hydrogens (tertiary/aromatic N) is 3. The number of hydrogen-bond acceptors (Lipinski definition) is 5. The summed E-state index contributed by atoms with van der Waals surface area (Å²) in [5, 5.41) is 0. The van der Waals surface area contributed by atoms with Gasteiger partial charge in [0.25, 0.3) is 5.56 Å². The van der Waals surface area contributed by atoms with Crippen molar-refractivity contribution >= 4 is 11.2 Å². The van der Waals surface area contributed by atoms with E-state index >= 15 is 0 Å². The van der Waals surface area contributed by atoms with Crippen molar-refractivity contribution in [3.8, 4) is 0 Å². The van der Waals surface area contributed by atoms with Gasteiger partial charge in [0, 0.05) is 0 Å². The van der Waals surface area contributed by atoms with Crippen molar-refractivity contribution in [2.45, 2.75) is 45.1 Å². The summed E-state index contributed by atoms with van der Waals surface area (Å²) in [6, 6.07) is 0. The van der Waals surface area contributed by atoms with E-state index < -0.39 is 0 Å². The number of hydrogen-bond donors (Lipinski definition) is 1. The van der Waals surface area contributed by atoms with Gasteiger partial charge in [-0.25, -0.2) is 9.97 Å². The molecule has 0 aromatic carbocycles. The highest BCUT2D eigenvalue weighted by Gasteiger charge is 2.28. The van der Waals surface area contributed by atoms with E-state index in [-0.39, 0.29) is 24.0 Å². The van der Waals surface area contributed by atoms with E-state index in [1.165, 1.54) is 6.33 Å². The lowest BCUT2D eigenvalue weighted by molar-refractivity contribution is -0.0526. The van der Waals surface area contributed by atoms with Gasteiger partial charge in [-0.2, -0.15) is 0 Å². The van der Waals surface area contributed by atoms with E-state index in [4.69, 9.17) is 9.47 Å². The number of aromatic amines is 1. The second-order valence-electron chi connectivity index (χ2n) is 5.23. The van der Waals surface area contributed by atoms with Crippen LogP contribution in [0.1, 0.15) is 32.9 Å². The van der Waals surface area contributed by atoms with Gasteiger partial charge in [-0.1, -0.05) is 0 Å². The molecule has 0 amide bonds. The summed E-state index contributed by atoms with van der Waals surface area (Å²) in [6.45, 7) is 4.60. The van der Waals surface area contributed by atoms with Crippen LogP contribution in [0.4, 0.5) is 0 Å². The van der Waals surface area contributed by atoms with Gasteiger partial charge in [-0.15, -0.1) is 0 Å². The molecule has 2 atom stereocenters. The standard InChI is InChI=1S/C13H18N4O3/c1-8(2)19-5-9-3-4-10(20-9)17-7-16-11-12(17)14-6-15-13(11)18/h6-10H,3-5H2,1-2H3,(H,14,15,18)/t9-,10?/m0/s1. The van der Waals surface area contributed by atoms with Crippen LogP contribution in [0.3, 0.4) is 0 Å². The summed E-state index contributed by atoms with van der Waals surface area (Å²) in [6.07, 6.45) is 4.95. The number of aromatic nitrogens is 4. The van der Waals surface area contributed by atoms with E-state index in [0.717, 1.165) is 12.8 Å². The van der Waals surface area contributed by atoms with Crippen LogP contribution in [-0.4, -0.2) is 38.3 Å². The molecule has 0 saturated carbocycles. The molecule has 108 valence electrons. The van der Waals surface area contributed by atoms with Crippen molar-refractivity contribution in [1.82, 2.24) is 19.5 Å². The molecule has 0 radical (unpaired) electrons. The van der Waals surface area contributed by atoms with Crippen LogP contribution in [0.2, 0.25) is 0 Å². The van der Waals surface area contributed by atoms with E-state index in [1.807, 2.05) is 18.4 Å². The van der Waals surface area contributed by atoms with Gasteiger partial charge in [0.05, 0.1) is 31.5 Å². The Morgan fingerprint density at radius 3 is 3.15 bits per heavy atom. The predicted octanol–water partition coefficient (Wildman–Crippen LogP) is 1.22. The summed E-state index contributed by atoms with van der Waals surface area (Å²) < 4.78 is 13.3. The summed E-state index contributed by atoms with van der Waals surface area (Å²) in [5.41, 5.74) is 0.675. The minimum Gasteiger partial charge on any atom is -0.376 e. The molecule has 2 aromatic heterocycles. The Balaban J connectivity index is 1.76. The molecule has 0 aliphatic carbocycles. The third-order valence-corrected chi connectivity index (χ3v) is 3.38. The van der Waals surface area contributed by atoms with Crippen molar-refractivity contribution in [2.75, 3.05) is 6.61 Å². The second-order valence-corrected chi connectivity index (χ2v) is 5.23. The van der Waals surface area contributed by atoms with E-state index in [0.29, 0.717) is 17.8 Å². The SMILES string of the molecule is CC(C)OC[C@@H]1CCC(n2cnc3c(=O)[nH]cnc32)O1. The zero-order valence-electron chi connectivity index (χ0n) is 11.6. The van der Waals surface area contributed by atoms with Crippen LogP contribution in [0, 0.1) is 0 Å². The van der Waals surface area contributed by atoms with E-state index in [1.54, 1.807) is 6.33 Å². The Labute approximate surface area is 115 Å². The van der Waals surface area contributed by atoms with Gasteiger partial charge in [0.1, 0.15) is 6.23 Å². The first-order valence-corrected chi connectivity index (χ1v) is 6.82. The van der Waals surface area contributed by atoms with Crippen LogP contribution < -0.4 is 5.56 Å². The summed E-state index contributed by atoms with van der Waals surface area (Å²) in [4.78, 5) is 22.4.